The molecule has 0 bridgehead atoms. The zero-order valence-corrected chi connectivity index (χ0v) is 23.3. The van der Waals surface area contributed by atoms with Gasteiger partial charge in [0.25, 0.3) is 0 Å². The van der Waals surface area contributed by atoms with Crippen LogP contribution in [0.5, 0.6) is 5.75 Å². The Morgan fingerprint density at radius 1 is 0.854 bits per heavy atom. The number of primary amides is 1. The first-order chi connectivity index (χ1) is 19.2. The monoisotopic (exact) mass is 578 g/mol. The van der Waals surface area contributed by atoms with E-state index >= 15 is 0 Å². The summed E-state index contributed by atoms with van der Waals surface area (Å²) in [6, 6.07) is 1.36. The Labute approximate surface area is 238 Å². The van der Waals surface area contributed by atoms with E-state index in [4.69, 9.17) is 22.9 Å². The number of nitrogens with zero attached hydrogens (tertiary/aromatic N) is 1. The number of aliphatic imine (C=N–C) groups is 1. The normalized spacial score (nSPS) is 13.8. The Hall–Kier alpha value is -4.40. The molecule has 4 amide bonds. The first-order valence-corrected chi connectivity index (χ1v) is 13.2. The minimum Gasteiger partial charge on any atom is -0.508 e. The number of benzene rings is 1. The van der Waals surface area contributed by atoms with Crippen LogP contribution in [0.3, 0.4) is 0 Å². The SMILES string of the molecule is CC(C)CC(NC(=O)C(CCC(N)=O)NC(=O)C(CCCN=C(N)N)NC(=O)C(N)Cc1ccc(O)cc1)C(=O)O. The molecule has 41 heavy (non-hydrogen) atoms. The lowest BCUT2D eigenvalue weighted by atomic mass is 10.0. The lowest BCUT2D eigenvalue weighted by Crippen LogP contribution is -2.57. The molecule has 15 heteroatoms. The van der Waals surface area contributed by atoms with Crippen LogP contribution in [0.25, 0.3) is 0 Å². The van der Waals surface area contributed by atoms with Crippen molar-refractivity contribution in [1.82, 2.24) is 16.0 Å². The summed E-state index contributed by atoms with van der Waals surface area (Å²) in [6.45, 7) is 3.73. The number of rotatable bonds is 18. The lowest BCUT2D eigenvalue weighted by molar-refractivity contribution is -0.143. The molecule has 228 valence electrons. The van der Waals surface area contributed by atoms with Crippen LogP contribution in [0.4, 0.5) is 0 Å². The number of nitrogens with two attached hydrogens (primary N) is 4. The Morgan fingerprint density at radius 3 is 1.90 bits per heavy atom. The predicted molar refractivity (Wildman–Crippen MR) is 151 cm³/mol. The second kappa shape index (κ2) is 17.3. The predicted octanol–water partition coefficient (Wildman–Crippen LogP) is -1.83. The van der Waals surface area contributed by atoms with Crippen molar-refractivity contribution >= 4 is 35.6 Å². The van der Waals surface area contributed by atoms with Gasteiger partial charge in [0.2, 0.25) is 23.6 Å². The van der Waals surface area contributed by atoms with E-state index in [1.807, 2.05) is 0 Å². The molecule has 0 aliphatic rings. The molecule has 13 N–H and O–H groups in total. The van der Waals surface area contributed by atoms with Crippen LogP contribution in [-0.4, -0.2) is 76.5 Å². The third kappa shape index (κ3) is 14.0. The highest BCUT2D eigenvalue weighted by atomic mass is 16.4. The van der Waals surface area contributed by atoms with Gasteiger partial charge in [-0.15, -0.1) is 0 Å². The lowest BCUT2D eigenvalue weighted by Gasteiger charge is -2.25. The molecule has 0 saturated heterocycles. The van der Waals surface area contributed by atoms with Gasteiger partial charge < -0.3 is 49.1 Å². The average Bonchev–Trinajstić information content (AvgIpc) is 2.88. The van der Waals surface area contributed by atoms with Crippen molar-refractivity contribution in [3.05, 3.63) is 29.8 Å². The van der Waals surface area contributed by atoms with Crippen molar-refractivity contribution < 1.29 is 34.2 Å². The van der Waals surface area contributed by atoms with E-state index in [1.54, 1.807) is 26.0 Å². The van der Waals surface area contributed by atoms with Crippen LogP contribution in [-0.2, 0) is 30.4 Å². The van der Waals surface area contributed by atoms with E-state index < -0.39 is 53.8 Å². The second-order valence-electron chi connectivity index (χ2n) is 10.1. The van der Waals surface area contributed by atoms with Gasteiger partial charge in [-0.05, 0) is 55.7 Å². The molecular weight excluding hydrogens is 536 g/mol. The third-order valence-electron chi connectivity index (χ3n) is 5.94. The highest BCUT2D eigenvalue weighted by Crippen LogP contribution is 2.12. The summed E-state index contributed by atoms with van der Waals surface area (Å²) in [5.74, 6) is -4.35. The number of guanidine groups is 1. The Balaban J connectivity index is 3.07. The van der Waals surface area contributed by atoms with Crippen molar-refractivity contribution in [3.63, 3.8) is 0 Å². The maximum absolute atomic E-state index is 13.3. The molecule has 15 nitrogen and oxygen atoms in total. The van der Waals surface area contributed by atoms with Gasteiger partial charge in [0.1, 0.15) is 23.9 Å². The molecule has 1 aromatic rings. The molecule has 0 spiro atoms. The van der Waals surface area contributed by atoms with E-state index in [0.717, 1.165) is 0 Å². The minimum atomic E-state index is -1.31. The van der Waals surface area contributed by atoms with Crippen LogP contribution < -0.4 is 38.9 Å². The number of phenols is 1. The standard InChI is InChI=1S/C26H42N8O7/c1-14(2)12-20(25(40)41)34-24(39)19(9-10-21(28)36)33-23(38)18(4-3-11-31-26(29)30)32-22(37)17(27)13-15-5-7-16(35)8-6-15/h5-8,14,17-20,35H,3-4,9-13,27H2,1-2H3,(H2,28,36)(H,32,37)(H,33,38)(H,34,39)(H,40,41)(H4,29,30,31). The van der Waals surface area contributed by atoms with Crippen LogP contribution in [0.2, 0.25) is 0 Å². The molecule has 4 atom stereocenters. The number of carboxylic acid groups (broad SMARTS) is 1. The van der Waals surface area contributed by atoms with Gasteiger partial charge in [0.15, 0.2) is 5.96 Å². The molecule has 0 fully saturated rings. The number of hydrogen-bond donors (Lipinski definition) is 9. The quantitative estimate of drug-likeness (QED) is 0.0533. The van der Waals surface area contributed by atoms with Gasteiger partial charge in [-0.3, -0.25) is 24.2 Å². The number of amides is 4. The van der Waals surface area contributed by atoms with E-state index in [2.05, 4.69) is 20.9 Å². The summed E-state index contributed by atoms with van der Waals surface area (Å²) in [5, 5.41) is 26.4. The number of aromatic hydroxyl groups is 1. The van der Waals surface area contributed by atoms with Gasteiger partial charge in [0, 0.05) is 13.0 Å². The highest BCUT2D eigenvalue weighted by Gasteiger charge is 2.30. The molecule has 0 aliphatic carbocycles. The highest BCUT2D eigenvalue weighted by molar-refractivity contribution is 5.94. The fraction of sp³-hybridized carbons (Fsp3) is 0.538. The maximum Gasteiger partial charge on any atom is 0.326 e. The molecule has 1 rings (SSSR count). The van der Waals surface area contributed by atoms with Crippen LogP contribution in [0.1, 0.15) is 51.5 Å². The Bertz CT molecular complexity index is 1070. The van der Waals surface area contributed by atoms with Crippen molar-refractivity contribution in [2.45, 2.75) is 76.5 Å². The third-order valence-corrected chi connectivity index (χ3v) is 5.94. The minimum absolute atomic E-state index is 0.0503. The van der Waals surface area contributed by atoms with Gasteiger partial charge in [-0.2, -0.15) is 0 Å². The molecule has 0 saturated carbocycles. The van der Waals surface area contributed by atoms with Crippen LogP contribution in [0, 0.1) is 5.92 Å². The zero-order chi connectivity index (χ0) is 31.1. The summed E-state index contributed by atoms with van der Waals surface area (Å²) in [5.41, 5.74) is 22.6. The van der Waals surface area contributed by atoms with Crippen LogP contribution in [0.15, 0.2) is 29.3 Å². The average molecular weight is 579 g/mol. The molecule has 1 aromatic carbocycles. The van der Waals surface area contributed by atoms with Crippen molar-refractivity contribution in [2.75, 3.05) is 6.54 Å². The first kappa shape index (κ1) is 34.6. The largest absolute Gasteiger partial charge is 0.508 e. The first-order valence-electron chi connectivity index (χ1n) is 13.2. The topological polar surface area (TPSA) is 278 Å². The maximum atomic E-state index is 13.3. The van der Waals surface area contributed by atoms with Gasteiger partial charge in [-0.1, -0.05) is 26.0 Å². The second-order valence-corrected chi connectivity index (χ2v) is 10.1. The fourth-order valence-corrected chi connectivity index (χ4v) is 3.82. The molecule has 0 aliphatic heterocycles. The fourth-order valence-electron chi connectivity index (χ4n) is 3.82. The summed E-state index contributed by atoms with van der Waals surface area (Å²) >= 11 is 0. The Kier molecular flexibility index (Phi) is 14.6. The molecule has 0 aromatic heterocycles. The number of carbonyl (C=O) groups excluding carboxylic acids is 4. The van der Waals surface area contributed by atoms with E-state index in [1.165, 1.54) is 12.1 Å². The zero-order valence-electron chi connectivity index (χ0n) is 23.3. The van der Waals surface area contributed by atoms with Crippen LogP contribution >= 0.6 is 0 Å². The number of phenolic OH excluding ortho intramolecular Hbond substituents is 1. The summed E-state index contributed by atoms with van der Waals surface area (Å²) < 4.78 is 0. The van der Waals surface area contributed by atoms with Crippen molar-refractivity contribution in [2.24, 2.45) is 33.8 Å². The number of hydrogen-bond acceptors (Lipinski definition) is 8. The summed E-state index contributed by atoms with van der Waals surface area (Å²) in [7, 11) is 0. The van der Waals surface area contributed by atoms with Crippen molar-refractivity contribution in [1.29, 1.82) is 0 Å². The van der Waals surface area contributed by atoms with E-state index in [-0.39, 0.29) is 62.7 Å². The van der Waals surface area contributed by atoms with E-state index in [9.17, 15) is 34.2 Å². The number of carbonyl (C=O) groups is 5. The van der Waals surface area contributed by atoms with Gasteiger partial charge in [-0.25, -0.2) is 4.79 Å². The van der Waals surface area contributed by atoms with Crippen molar-refractivity contribution in [3.8, 4) is 5.75 Å². The molecular formula is C26H42N8O7. The number of nitrogens with one attached hydrogen (secondary N) is 3. The molecule has 4 unspecified atom stereocenters. The smallest absolute Gasteiger partial charge is 0.326 e. The molecule has 0 heterocycles. The number of aliphatic carboxylic acids is 1. The van der Waals surface area contributed by atoms with Gasteiger partial charge in [0.05, 0.1) is 6.04 Å². The molecule has 0 radical (unpaired) electrons. The summed E-state index contributed by atoms with van der Waals surface area (Å²) in [4.78, 5) is 66.1. The summed E-state index contributed by atoms with van der Waals surface area (Å²) in [6.07, 6.45) is 0.131. The van der Waals surface area contributed by atoms with Gasteiger partial charge >= 0.3 is 5.97 Å². The number of carboxylic acids is 1. The van der Waals surface area contributed by atoms with E-state index in [0.29, 0.717) is 5.56 Å². The Morgan fingerprint density at radius 2 is 1.39 bits per heavy atom.